The third kappa shape index (κ3) is 2.70. The molecular weight excluding hydrogens is 216 g/mol. The van der Waals surface area contributed by atoms with Crippen LogP contribution in [0.1, 0.15) is 24.0 Å². The van der Waals surface area contributed by atoms with Gasteiger partial charge >= 0.3 is 0 Å². The Morgan fingerprint density at radius 2 is 1.94 bits per heavy atom. The van der Waals surface area contributed by atoms with Crippen molar-refractivity contribution in [1.29, 1.82) is 5.26 Å². The van der Waals surface area contributed by atoms with E-state index in [-0.39, 0.29) is 18.1 Å². The van der Waals surface area contributed by atoms with Gasteiger partial charge in [-0.1, -0.05) is 12.1 Å². The normalized spacial score (nSPS) is 15.8. The van der Waals surface area contributed by atoms with Gasteiger partial charge in [0.25, 0.3) is 0 Å². The lowest BCUT2D eigenvalue weighted by Gasteiger charge is -2.26. The van der Waals surface area contributed by atoms with Gasteiger partial charge in [0.1, 0.15) is 5.78 Å². The van der Waals surface area contributed by atoms with E-state index in [1.54, 1.807) is 17.0 Å². The van der Waals surface area contributed by atoms with Crippen molar-refractivity contribution in [3.8, 4) is 6.07 Å². The smallest absolute Gasteiger partial charge is 0.230 e. The second-order valence-corrected chi connectivity index (χ2v) is 4.09. The van der Waals surface area contributed by atoms with E-state index in [0.29, 0.717) is 25.1 Å². The lowest BCUT2D eigenvalue weighted by Crippen LogP contribution is -2.38. The van der Waals surface area contributed by atoms with Crippen molar-refractivity contribution in [1.82, 2.24) is 4.90 Å². The van der Waals surface area contributed by atoms with Gasteiger partial charge in [0.2, 0.25) is 5.91 Å². The maximum absolute atomic E-state index is 11.6. The molecule has 1 heterocycles. The zero-order valence-electron chi connectivity index (χ0n) is 9.35. The Labute approximate surface area is 99.5 Å². The molecule has 0 atom stereocenters. The monoisotopic (exact) mass is 228 g/mol. The maximum atomic E-state index is 11.6. The number of rotatable bonds is 2. The molecule has 0 saturated carbocycles. The Bertz CT molecular complexity index is 485. The Balaban J connectivity index is 2.03. The van der Waals surface area contributed by atoms with Crippen molar-refractivity contribution in [2.75, 3.05) is 6.54 Å². The predicted octanol–water partition coefficient (Wildman–Crippen LogP) is 1.25. The Morgan fingerprint density at radius 3 is 2.53 bits per heavy atom. The van der Waals surface area contributed by atoms with Gasteiger partial charge in [-0.05, 0) is 17.7 Å². The zero-order valence-corrected chi connectivity index (χ0v) is 9.35. The van der Waals surface area contributed by atoms with Crippen LogP contribution in [0.4, 0.5) is 0 Å². The highest BCUT2D eigenvalue weighted by molar-refractivity contribution is 6.00. The number of ketones is 1. The van der Waals surface area contributed by atoms with Gasteiger partial charge in [-0.2, -0.15) is 5.26 Å². The molecule has 1 aromatic carbocycles. The van der Waals surface area contributed by atoms with Crippen molar-refractivity contribution < 1.29 is 9.59 Å². The van der Waals surface area contributed by atoms with E-state index >= 15 is 0 Å². The number of nitrogens with zero attached hydrogens (tertiary/aromatic N) is 2. The summed E-state index contributed by atoms with van der Waals surface area (Å²) in [4.78, 5) is 24.3. The number of hydrogen-bond acceptors (Lipinski definition) is 3. The highest BCUT2D eigenvalue weighted by Crippen LogP contribution is 2.13. The molecule has 1 saturated heterocycles. The van der Waals surface area contributed by atoms with Gasteiger partial charge in [-0.15, -0.1) is 0 Å². The molecule has 0 N–H and O–H groups in total. The zero-order chi connectivity index (χ0) is 12.3. The summed E-state index contributed by atoms with van der Waals surface area (Å²) < 4.78 is 0. The standard InChI is InChI=1S/C13H12N2O2/c14-8-10-1-3-11(4-2-10)9-15-6-5-12(16)7-13(15)17/h1-4H,5-7,9H2. The van der Waals surface area contributed by atoms with E-state index < -0.39 is 0 Å². The molecule has 4 nitrogen and oxygen atoms in total. The number of hydrogen-bond donors (Lipinski definition) is 0. The first-order valence-electron chi connectivity index (χ1n) is 5.47. The minimum absolute atomic E-state index is 0.0195. The first-order valence-corrected chi connectivity index (χ1v) is 5.47. The van der Waals surface area contributed by atoms with Crippen molar-refractivity contribution >= 4 is 11.7 Å². The largest absolute Gasteiger partial charge is 0.338 e. The fourth-order valence-electron chi connectivity index (χ4n) is 1.83. The third-order valence-corrected chi connectivity index (χ3v) is 2.82. The molecule has 17 heavy (non-hydrogen) atoms. The van der Waals surface area contributed by atoms with E-state index in [9.17, 15) is 9.59 Å². The summed E-state index contributed by atoms with van der Waals surface area (Å²) in [5.74, 6) is -0.0864. The average molecular weight is 228 g/mol. The quantitative estimate of drug-likeness (QED) is 0.716. The SMILES string of the molecule is N#Cc1ccc(CN2CCC(=O)CC2=O)cc1. The molecule has 0 spiro atoms. The summed E-state index contributed by atoms with van der Waals surface area (Å²) in [5, 5.41) is 8.67. The number of piperidine rings is 1. The highest BCUT2D eigenvalue weighted by atomic mass is 16.2. The van der Waals surface area contributed by atoms with Crippen LogP contribution in [0.25, 0.3) is 0 Å². The maximum Gasteiger partial charge on any atom is 0.230 e. The molecule has 86 valence electrons. The van der Waals surface area contributed by atoms with Crippen molar-refractivity contribution in [3.05, 3.63) is 35.4 Å². The molecule has 2 rings (SSSR count). The van der Waals surface area contributed by atoms with Crippen LogP contribution < -0.4 is 0 Å². The minimum Gasteiger partial charge on any atom is -0.338 e. The minimum atomic E-state index is -0.106. The van der Waals surface area contributed by atoms with Crippen molar-refractivity contribution in [3.63, 3.8) is 0 Å². The number of carbonyl (C=O) groups excluding carboxylic acids is 2. The first kappa shape index (κ1) is 11.3. The van der Waals surface area contributed by atoms with Crippen LogP contribution in [0.15, 0.2) is 24.3 Å². The Hall–Kier alpha value is -2.15. The number of nitriles is 1. The van der Waals surface area contributed by atoms with Crippen LogP contribution in [-0.4, -0.2) is 23.1 Å². The van der Waals surface area contributed by atoms with E-state index in [2.05, 4.69) is 0 Å². The van der Waals surface area contributed by atoms with Crippen LogP contribution >= 0.6 is 0 Å². The Kier molecular flexibility index (Phi) is 3.20. The average Bonchev–Trinajstić information content (AvgIpc) is 2.34. The number of amides is 1. The number of benzene rings is 1. The molecule has 0 unspecified atom stereocenters. The van der Waals surface area contributed by atoms with Crippen molar-refractivity contribution in [2.45, 2.75) is 19.4 Å². The molecule has 1 aliphatic rings. The second-order valence-electron chi connectivity index (χ2n) is 4.09. The molecule has 1 aromatic rings. The van der Waals surface area contributed by atoms with Gasteiger partial charge in [0.05, 0.1) is 18.1 Å². The first-order chi connectivity index (χ1) is 8.19. The molecule has 0 radical (unpaired) electrons. The van der Waals surface area contributed by atoms with Crippen LogP contribution in [0.3, 0.4) is 0 Å². The fraction of sp³-hybridized carbons (Fsp3) is 0.308. The summed E-state index contributed by atoms with van der Waals surface area (Å²) in [7, 11) is 0. The fourth-order valence-corrected chi connectivity index (χ4v) is 1.83. The van der Waals surface area contributed by atoms with E-state index in [1.807, 2.05) is 18.2 Å². The summed E-state index contributed by atoms with van der Waals surface area (Å²) >= 11 is 0. The van der Waals surface area contributed by atoms with Gasteiger partial charge < -0.3 is 4.90 Å². The van der Waals surface area contributed by atoms with Gasteiger partial charge in [-0.25, -0.2) is 0 Å². The molecule has 0 aromatic heterocycles. The van der Waals surface area contributed by atoms with E-state index in [4.69, 9.17) is 5.26 Å². The molecular formula is C13H12N2O2. The summed E-state index contributed by atoms with van der Waals surface area (Å²) in [6.07, 6.45) is 0.471. The number of Topliss-reactive ketones (excluding diaryl/α,β-unsaturated/α-hetero) is 1. The third-order valence-electron chi connectivity index (χ3n) is 2.82. The summed E-state index contributed by atoms with van der Waals surface area (Å²) in [6, 6.07) is 9.18. The van der Waals surface area contributed by atoms with Crippen molar-refractivity contribution in [2.24, 2.45) is 0 Å². The summed E-state index contributed by atoms with van der Waals surface area (Å²) in [6.45, 7) is 1.01. The summed E-state index contributed by atoms with van der Waals surface area (Å²) in [5.41, 5.74) is 1.58. The molecule has 4 heteroatoms. The molecule has 1 aliphatic heterocycles. The van der Waals surface area contributed by atoms with E-state index in [1.165, 1.54) is 0 Å². The van der Waals surface area contributed by atoms with E-state index in [0.717, 1.165) is 5.56 Å². The van der Waals surface area contributed by atoms with Crippen LogP contribution in [0, 0.1) is 11.3 Å². The predicted molar refractivity (Wildman–Crippen MR) is 60.8 cm³/mol. The molecule has 0 bridgehead atoms. The van der Waals surface area contributed by atoms with Crippen LogP contribution in [0.5, 0.6) is 0 Å². The topological polar surface area (TPSA) is 61.2 Å². The molecule has 0 aliphatic carbocycles. The van der Waals surface area contributed by atoms with Gasteiger partial charge in [-0.3, -0.25) is 9.59 Å². The van der Waals surface area contributed by atoms with Gasteiger partial charge in [0.15, 0.2) is 0 Å². The lowest BCUT2D eigenvalue weighted by atomic mass is 10.1. The van der Waals surface area contributed by atoms with Crippen LogP contribution in [-0.2, 0) is 16.1 Å². The number of carbonyl (C=O) groups is 2. The molecule has 1 amide bonds. The number of likely N-dealkylation sites (tertiary alicyclic amines) is 1. The highest BCUT2D eigenvalue weighted by Gasteiger charge is 2.23. The lowest BCUT2D eigenvalue weighted by molar-refractivity contribution is -0.139. The molecule has 1 fully saturated rings. The van der Waals surface area contributed by atoms with Gasteiger partial charge in [0, 0.05) is 19.5 Å². The Morgan fingerprint density at radius 1 is 1.24 bits per heavy atom. The van der Waals surface area contributed by atoms with Crippen LogP contribution in [0.2, 0.25) is 0 Å². The second kappa shape index (κ2) is 4.79.